The maximum Gasteiger partial charge on any atom is 0.167 e. The fourth-order valence-electron chi connectivity index (χ4n) is 2.51. The van der Waals surface area contributed by atoms with E-state index in [9.17, 15) is 8.78 Å². The Hall–Kier alpha value is -1.16. The standard InChI is InChI=1S/C14H19F2NO/c15-11-6-7-14(12(16)8-11)18-13-5-3-1-2-4-10(13)9-17/h6-8,10,13H,1-5,9,17H2. The van der Waals surface area contributed by atoms with E-state index >= 15 is 0 Å². The molecular formula is C14H19F2NO. The number of rotatable bonds is 3. The Balaban J connectivity index is 2.10. The second-order valence-corrected chi connectivity index (χ2v) is 4.86. The van der Waals surface area contributed by atoms with Crippen molar-refractivity contribution >= 4 is 0 Å². The van der Waals surface area contributed by atoms with E-state index in [0.29, 0.717) is 6.54 Å². The lowest BCUT2D eigenvalue weighted by atomic mass is 9.97. The van der Waals surface area contributed by atoms with Crippen molar-refractivity contribution in [2.75, 3.05) is 6.54 Å². The van der Waals surface area contributed by atoms with Crippen molar-refractivity contribution in [1.29, 1.82) is 0 Å². The van der Waals surface area contributed by atoms with Crippen LogP contribution in [0.15, 0.2) is 18.2 Å². The molecule has 2 nitrogen and oxygen atoms in total. The topological polar surface area (TPSA) is 35.2 Å². The lowest BCUT2D eigenvalue weighted by Crippen LogP contribution is -2.32. The molecule has 1 aromatic rings. The Morgan fingerprint density at radius 3 is 2.67 bits per heavy atom. The summed E-state index contributed by atoms with van der Waals surface area (Å²) in [5.74, 6) is -0.843. The largest absolute Gasteiger partial charge is 0.487 e. The SMILES string of the molecule is NCC1CCCCCC1Oc1ccc(F)cc1F. The summed E-state index contributed by atoms with van der Waals surface area (Å²) in [6.45, 7) is 0.549. The van der Waals surface area contributed by atoms with Crippen molar-refractivity contribution in [3.63, 3.8) is 0 Å². The summed E-state index contributed by atoms with van der Waals surface area (Å²) in [4.78, 5) is 0. The summed E-state index contributed by atoms with van der Waals surface area (Å²) in [6, 6.07) is 3.42. The Kier molecular flexibility index (Phi) is 4.53. The Morgan fingerprint density at radius 2 is 1.94 bits per heavy atom. The van der Waals surface area contributed by atoms with Gasteiger partial charge in [0.25, 0.3) is 0 Å². The summed E-state index contributed by atoms with van der Waals surface area (Å²) < 4.78 is 32.1. The highest BCUT2D eigenvalue weighted by Gasteiger charge is 2.25. The molecule has 0 radical (unpaired) electrons. The molecule has 1 aliphatic rings. The zero-order valence-electron chi connectivity index (χ0n) is 10.4. The van der Waals surface area contributed by atoms with Gasteiger partial charge in [0.1, 0.15) is 11.9 Å². The van der Waals surface area contributed by atoms with Crippen molar-refractivity contribution in [3.8, 4) is 5.75 Å². The van der Waals surface area contributed by atoms with Gasteiger partial charge in [-0.2, -0.15) is 0 Å². The highest BCUT2D eigenvalue weighted by Crippen LogP contribution is 2.28. The van der Waals surface area contributed by atoms with Gasteiger partial charge in [-0.3, -0.25) is 0 Å². The number of hydrogen-bond acceptors (Lipinski definition) is 2. The van der Waals surface area contributed by atoms with Crippen molar-refractivity contribution in [2.24, 2.45) is 11.7 Å². The first kappa shape index (κ1) is 13.3. The molecule has 0 heterocycles. The van der Waals surface area contributed by atoms with Crippen molar-refractivity contribution in [1.82, 2.24) is 0 Å². The van der Waals surface area contributed by atoms with Crippen LogP contribution in [0, 0.1) is 17.6 Å². The molecule has 2 rings (SSSR count). The molecule has 0 aromatic heterocycles. The third-order valence-electron chi connectivity index (χ3n) is 3.56. The van der Waals surface area contributed by atoms with Gasteiger partial charge in [0, 0.05) is 12.0 Å². The van der Waals surface area contributed by atoms with Gasteiger partial charge in [0.05, 0.1) is 0 Å². The van der Waals surface area contributed by atoms with Gasteiger partial charge in [-0.15, -0.1) is 0 Å². The molecule has 0 bridgehead atoms. The van der Waals surface area contributed by atoms with Crippen LogP contribution in [0.4, 0.5) is 8.78 Å². The molecule has 1 fully saturated rings. The van der Waals surface area contributed by atoms with Gasteiger partial charge in [0.2, 0.25) is 0 Å². The molecule has 2 N–H and O–H groups in total. The Labute approximate surface area is 106 Å². The third-order valence-corrected chi connectivity index (χ3v) is 3.56. The smallest absolute Gasteiger partial charge is 0.167 e. The number of hydrogen-bond donors (Lipinski definition) is 1. The molecule has 18 heavy (non-hydrogen) atoms. The van der Waals surface area contributed by atoms with E-state index < -0.39 is 11.6 Å². The normalized spacial score (nSPS) is 24.6. The Morgan fingerprint density at radius 1 is 1.17 bits per heavy atom. The first-order valence-corrected chi connectivity index (χ1v) is 6.52. The number of nitrogens with two attached hydrogens (primary N) is 1. The van der Waals surface area contributed by atoms with E-state index in [0.717, 1.165) is 31.7 Å². The molecule has 1 aromatic carbocycles. The quantitative estimate of drug-likeness (QED) is 0.841. The van der Waals surface area contributed by atoms with Gasteiger partial charge in [0.15, 0.2) is 11.6 Å². The second kappa shape index (κ2) is 6.14. The molecule has 0 spiro atoms. The minimum Gasteiger partial charge on any atom is -0.487 e. The lowest BCUT2D eigenvalue weighted by Gasteiger charge is -2.25. The van der Waals surface area contributed by atoms with Crippen molar-refractivity contribution in [2.45, 2.75) is 38.2 Å². The summed E-state index contributed by atoms with van der Waals surface area (Å²) in [5.41, 5.74) is 5.75. The summed E-state index contributed by atoms with van der Waals surface area (Å²) in [6.07, 6.45) is 5.24. The van der Waals surface area contributed by atoms with Crippen LogP contribution in [0.2, 0.25) is 0 Å². The zero-order valence-corrected chi connectivity index (χ0v) is 10.4. The fraction of sp³-hybridized carbons (Fsp3) is 0.571. The first-order chi connectivity index (χ1) is 8.70. The van der Waals surface area contributed by atoms with Crippen LogP contribution in [0.1, 0.15) is 32.1 Å². The highest BCUT2D eigenvalue weighted by molar-refractivity contribution is 5.25. The summed E-state index contributed by atoms with van der Waals surface area (Å²) in [7, 11) is 0. The van der Waals surface area contributed by atoms with Gasteiger partial charge >= 0.3 is 0 Å². The first-order valence-electron chi connectivity index (χ1n) is 6.52. The van der Waals surface area contributed by atoms with E-state index in [1.807, 2.05) is 0 Å². The minimum atomic E-state index is -0.644. The molecule has 4 heteroatoms. The maximum absolute atomic E-state index is 13.5. The van der Waals surface area contributed by atoms with Crippen LogP contribution in [0.3, 0.4) is 0 Å². The van der Waals surface area contributed by atoms with E-state index in [1.54, 1.807) is 0 Å². The number of ether oxygens (including phenoxy) is 1. The lowest BCUT2D eigenvalue weighted by molar-refractivity contribution is 0.124. The van der Waals surface area contributed by atoms with Gasteiger partial charge < -0.3 is 10.5 Å². The number of benzene rings is 1. The predicted molar refractivity (Wildman–Crippen MR) is 66.4 cm³/mol. The van der Waals surface area contributed by atoms with Crippen molar-refractivity contribution < 1.29 is 13.5 Å². The summed E-state index contributed by atoms with van der Waals surface area (Å²) >= 11 is 0. The highest BCUT2D eigenvalue weighted by atomic mass is 19.1. The molecule has 2 atom stereocenters. The average Bonchev–Trinajstić information content (AvgIpc) is 2.57. The van der Waals surface area contributed by atoms with E-state index in [4.69, 9.17) is 10.5 Å². The van der Waals surface area contributed by atoms with Crippen LogP contribution >= 0.6 is 0 Å². The Bertz CT molecular complexity index is 397. The van der Waals surface area contributed by atoms with E-state index in [1.165, 1.54) is 18.6 Å². The molecule has 2 unspecified atom stereocenters. The van der Waals surface area contributed by atoms with Crippen LogP contribution in [-0.2, 0) is 0 Å². The van der Waals surface area contributed by atoms with Gasteiger partial charge in [-0.05, 0) is 37.9 Å². The van der Waals surface area contributed by atoms with Crippen LogP contribution < -0.4 is 10.5 Å². The second-order valence-electron chi connectivity index (χ2n) is 4.86. The van der Waals surface area contributed by atoms with Crippen molar-refractivity contribution in [3.05, 3.63) is 29.8 Å². The molecule has 1 saturated carbocycles. The zero-order chi connectivity index (χ0) is 13.0. The van der Waals surface area contributed by atoms with Crippen LogP contribution in [0.5, 0.6) is 5.75 Å². The average molecular weight is 255 g/mol. The van der Waals surface area contributed by atoms with Crippen LogP contribution in [-0.4, -0.2) is 12.6 Å². The number of halogens is 2. The van der Waals surface area contributed by atoms with Gasteiger partial charge in [-0.25, -0.2) is 8.78 Å². The maximum atomic E-state index is 13.5. The predicted octanol–water partition coefficient (Wildman–Crippen LogP) is 3.25. The monoisotopic (exact) mass is 255 g/mol. The van der Waals surface area contributed by atoms with Crippen LogP contribution in [0.25, 0.3) is 0 Å². The van der Waals surface area contributed by atoms with E-state index in [2.05, 4.69) is 0 Å². The molecular weight excluding hydrogens is 236 g/mol. The molecule has 0 aliphatic heterocycles. The molecule has 100 valence electrons. The summed E-state index contributed by atoms with van der Waals surface area (Å²) in [5, 5.41) is 0. The molecule has 0 saturated heterocycles. The molecule has 1 aliphatic carbocycles. The third kappa shape index (κ3) is 3.19. The van der Waals surface area contributed by atoms with Gasteiger partial charge in [-0.1, -0.05) is 12.8 Å². The molecule has 0 amide bonds. The fourth-order valence-corrected chi connectivity index (χ4v) is 2.51. The van der Waals surface area contributed by atoms with E-state index in [-0.39, 0.29) is 17.8 Å². The minimum absolute atomic E-state index is 0.0579.